The molecule has 0 radical (unpaired) electrons. The normalized spacial score (nSPS) is 16.9. The Morgan fingerprint density at radius 1 is 1.45 bits per heavy atom. The van der Waals surface area contributed by atoms with Crippen molar-refractivity contribution in [2.45, 2.75) is 0 Å². The van der Waals surface area contributed by atoms with Crippen LogP contribution in [0.4, 0.5) is 5.69 Å². The van der Waals surface area contributed by atoms with Crippen LogP contribution in [0, 0.1) is 0 Å². The third-order valence-corrected chi connectivity index (χ3v) is 3.16. The quantitative estimate of drug-likeness (QED) is 0.236. The van der Waals surface area contributed by atoms with Gasteiger partial charge < -0.3 is 25.9 Å². The summed E-state index contributed by atoms with van der Waals surface area (Å²) in [5.41, 5.74) is 6.70. The molecule has 0 aromatic heterocycles. The van der Waals surface area contributed by atoms with Crippen molar-refractivity contribution < 1.29 is 19.6 Å². The molecule has 1 saturated heterocycles. The molecule has 0 aliphatic carbocycles. The van der Waals surface area contributed by atoms with Crippen LogP contribution in [0.25, 0.3) is 0 Å². The number of hydrogen-bond acceptors (Lipinski definition) is 4. The van der Waals surface area contributed by atoms with Crippen LogP contribution in [0.2, 0.25) is 0 Å². The van der Waals surface area contributed by atoms with Gasteiger partial charge in [-0.15, -0.1) is 0 Å². The van der Waals surface area contributed by atoms with E-state index >= 15 is 0 Å². The lowest BCUT2D eigenvalue weighted by Crippen LogP contribution is -3.15. The Balaban J connectivity index is 1.93. The number of hydrogen-bond donors (Lipinski definition) is 4. The van der Waals surface area contributed by atoms with Crippen molar-refractivity contribution in [3.63, 3.8) is 0 Å². The number of benzene rings is 1. The van der Waals surface area contributed by atoms with Crippen molar-refractivity contribution in [3.8, 4) is 0 Å². The molecule has 2 rings (SSSR count). The maximum Gasteiger partial charge on any atom is 0.279 e. The Morgan fingerprint density at radius 2 is 2.20 bits per heavy atom. The third kappa shape index (κ3) is 3.94. The molecular weight excluding hydrogens is 260 g/mol. The number of oxime groups is 1. The Bertz CT molecular complexity index is 498. The number of anilines is 1. The molecule has 108 valence electrons. The maximum absolute atomic E-state index is 11.9. The first kappa shape index (κ1) is 14.3. The largest absolute Gasteiger partial charge is 0.409 e. The third-order valence-electron chi connectivity index (χ3n) is 3.16. The summed E-state index contributed by atoms with van der Waals surface area (Å²) in [6.07, 6.45) is 0. The molecule has 0 bridgehead atoms. The van der Waals surface area contributed by atoms with Gasteiger partial charge in [-0.1, -0.05) is 17.3 Å². The van der Waals surface area contributed by atoms with E-state index < -0.39 is 0 Å². The zero-order valence-corrected chi connectivity index (χ0v) is 11.1. The monoisotopic (exact) mass is 279 g/mol. The van der Waals surface area contributed by atoms with Gasteiger partial charge in [0.25, 0.3) is 5.91 Å². The molecule has 1 aliphatic rings. The second kappa shape index (κ2) is 6.88. The lowest BCUT2D eigenvalue weighted by atomic mass is 10.2. The van der Waals surface area contributed by atoms with E-state index in [0.29, 0.717) is 31.0 Å². The van der Waals surface area contributed by atoms with E-state index in [2.05, 4.69) is 10.5 Å². The standard InChI is InChI=1S/C13H18N4O3/c14-13(16-19)10-2-1-3-11(8-10)15-12(18)9-17-4-6-20-7-5-17/h1-3,8,19H,4-7,9H2,(H2,14,16)(H,15,18)/p+1. The molecule has 0 saturated carbocycles. The fourth-order valence-electron chi connectivity index (χ4n) is 2.08. The van der Waals surface area contributed by atoms with Crippen molar-refractivity contribution in [2.75, 3.05) is 38.2 Å². The van der Waals surface area contributed by atoms with Crippen LogP contribution >= 0.6 is 0 Å². The number of carbonyl (C=O) groups excluding carboxylic acids is 1. The number of nitrogens with two attached hydrogens (primary N) is 1. The Labute approximate surface area is 117 Å². The van der Waals surface area contributed by atoms with Crippen molar-refractivity contribution in [2.24, 2.45) is 10.9 Å². The first-order chi connectivity index (χ1) is 9.69. The van der Waals surface area contributed by atoms with Crippen molar-refractivity contribution in [1.82, 2.24) is 0 Å². The summed E-state index contributed by atoms with van der Waals surface area (Å²) in [4.78, 5) is 13.2. The van der Waals surface area contributed by atoms with Crippen molar-refractivity contribution in [1.29, 1.82) is 0 Å². The number of nitrogens with zero attached hydrogens (tertiary/aromatic N) is 1. The molecule has 5 N–H and O–H groups in total. The van der Waals surface area contributed by atoms with Crippen LogP contribution in [0.3, 0.4) is 0 Å². The predicted octanol–water partition coefficient (Wildman–Crippen LogP) is -1.37. The summed E-state index contributed by atoms with van der Waals surface area (Å²) in [7, 11) is 0. The fourth-order valence-corrected chi connectivity index (χ4v) is 2.08. The molecule has 20 heavy (non-hydrogen) atoms. The highest BCUT2D eigenvalue weighted by atomic mass is 16.5. The number of morpholine rings is 1. The van der Waals surface area contributed by atoms with E-state index in [1.54, 1.807) is 24.3 Å². The highest BCUT2D eigenvalue weighted by molar-refractivity contribution is 5.99. The topological polar surface area (TPSA) is 101 Å². The van der Waals surface area contributed by atoms with E-state index in [1.807, 2.05) is 0 Å². The molecule has 1 aliphatic heterocycles. The second-order valence-electron chi connectivity index (χ2n) is 4.65. The van der Waals surface area contributed by atoms with Gasteiger partial charge in [-0.25, -0.2) is 0 Å². The highest BCUT2D eigenvalue weighted by Gasteiger charge is 2.17. The summed E-state index contributed by atoms with van der Waals surface area (Å²) in [5.74, 6) is -0.0431. The van der Waals surface area contributed by atoms with Gasteiger partial charge in [0, 0.05) is 11.3 Å². The minimum atomic E-state index is -0.0569. The average Bonchev–Trinajstić information content (AvgIpc) is 2.47. The van der Waals surface area contributed by atoms with Crippen LogP contribution in [0.15, 0.2) is 29.4 Å². The van der Waals surface area contributed by atoms with Crippen LogP contribution in [-0.4, -0.2) is 49.8 Å². The fraction of sp³-hybridized carbons (Fsp3) is 0.385. The number of carbonyl (C=O) groups is 1. The average molecular weight is 279 g/mol. The zero-order chi connectivity index (χ0) is 14.4. The first-order valence-electron chi connectivity index (χ1n) is 6.48. The molecule has 0 spiro atoms. The van der Waals surface area contributed by atoms with Gasteiger partial charge in [0.2, 0.25) is 0 Å². The lowest BCUT2D eigenvalue weighted by Gasteiger charge is -2.23. The molecule has 1 amide bonds. The molecule has 0 atom stereocenters. The van der Waals surface area contributed by atoms with Gasteiger partial charge in [-0.05, 0) is 12.1 Å². The number of ether oxygens (including phenoxy) is 1. The molecule has 0 unspecified atom stereocenters. The van der Waals surface area contributed by atoms with Crippen molar-refractivity contribution >= 4 is 17.4 Å². The van der Waals surface area contributed by atoms with Crippen LogP contribution in [-0.2, 0) is 9.53 Å². The van der Waals surface area contributed by atoms with Gasteiger partial charge in [0.05, 0.1) is 13.2 Å². The smallest absolute Gasteiger partial charge is 0.279 e. The summed E-state index contributed by atoms with van der Waals surface area (Å²) >= 11 is 0. The van der Waals surface area contributed by atoms with E-state index in [4.69, 9.17) is 15.7 Å². The van der Waals surface area contributed by atoms with Gasteiger partial charge in [-0.3, -0.25) is 4.79 Å². The lowest BCUT2D eigenvalue weighted by molar-refractivity contribution is -0.899. The minimum absolute atomic E-state index is 0.0138. The predicted molar refractivity (Wildman–Crippen MR) is 74.0 cm³/mol. The van der Waals surface area contributed by atoms with E-state index in [-0.39, 0.29) is 11.7 Å². The SMILES string of the molecule is N/C(=N/O)c1cccc(NC(=O)C[NH+]2CCOCC2)c1. The zero-order valence-electron chi connectivity index (χ0n) is 11.1. The summed E-state index contributed by atoms with van der Waals surface area (Å²) in [6, 6.07) is 6.88. The first-order valence-corrected chi connectivity index (χ1v) is 6.48. The summed E-state index contributed by atoms with van der Waals surface area (Å²) in [5, 5.41) is 14.4. The molecule has 7 nitrogen and oxygen atoms in total. The van der Waals surface area contributed by atoms with Gasteiger partial charge >= 0.3 is 0 Å². The number of rotatable bonds is 4. The molecule has 1 fully saturated rings. The van der Waals surface area contributed by atoms with E-state index in [9.17, 15) is 4.79 Å². The Hall–Kier alpha value is -2.12. The van der Waals surface area contributed by atoms with Gasteiger partial charge in [0.1, 0.15) is 13.1 Å². The highest BCUT2D eigenvalue weighted by Crippen LogP contribution is 2.10. The van der Waals surface area contributed by atoms with Crippen LogP contribution in [0.5, 0.6) is 0 Å². The van der Waals surface area contributed by atoms with Gasteiger partial charge in [-0.2, -0.15) is 0 Å². The van der Waals surface area contributed by atoms with E-state index in [1.165, 1.54) is 4.90 Å². The number of quaternary nitrogens is 1. The number of amidine groups is 1. The minimum Gasteiger partial charge on any atom is -0.409 e. The molecule has 1 aromatic carbocycles. The van der Waals surface area contributed by atoms with Crippen LogP contribution < -0.4 is 16.0 Å². The molecular formula is C13H19N4O3+. The van der Waals surface area contributed by atoms with E-state index in [0.717, 1.165) is 13.1 Å². The van der Waals surface area contributed by atoms with Crippen LogP contribution in [0.1, 0.15) is 5.56 Å². The molecule has 7 heteroatoms. The number of amides is 1. The number of nitrogens with one attached hydrogen (secondary N) is 2. The summed E-state index contributed by atoms with van der Waals surface area (Å²) in [6.45, 7) is 3.50. The second-order valence-corrected chi connectivity index (χ2v) is 4.65. The Morgan fingerprint density at radius 3 is 2.90 bits per heavy atom. The molecule has 1 heterocycles. The Kier molecular flexibility index (Phi) is 4.91. The maximum atomic E-state index is 11.9. The van der Waals surface area contributed by atoms with Gasteiger partial charge in [0.15, 0.2) is 12.4 Å². The summed E-state index contributed by atoms with van der Waals surface area (Å²) < 4.78 is 5.25. The van der Waals surface area contributed by atoms with Crippen molar-refractivity contribution in [3.05, 3.63) is 29.8 Å². The molecule has 1 aromatic rings.